The van der Waals surface area contributed by atoms with Gasteiger partial charge in [-0.25, -0.2) is 9.97 Å². The molecule has 0 aromatic carbocycles. The third-order valence-corrected chi connectivity index (χ3v) is 5.31. The number of hydrogen-bond donors (Lipinski definition) is 2. The van der Waals surface area contributed by atoms with Crippen molar-refractivity contribution in [1.82, 2.24) is 15.0 Å². The number of H-pyrrole nitrogens is 1. The molecule has 0 unspecified atom stereocenters. The van der Waals surface area contributed by atoms with Crippen LogP contribution in [0, 0.1) is 6.92 Å². The van der Waals surface area contributed by atoms with Crippen molar-refractivity contribution in [3.8, 4) is 0 Å². The first-order valence-electron chi connectivity index (χ1n) is 8.56. The number of nitrogens with zero attached hydrogens (tertiary/aromatic N) is 2. The molecule has 2 aromatic heterocycles. The lowest BCUT2D eigenvalue weighted by Crippen LogP contribution is -2.15. The number of anilines is 1. The molecule has 0 saturated heterocycles. The molecule has 0 radical (unpaired) electrons. The second-order valence-electron chi connectivity index (χ2n) is 5.64. The summed E-state index contributed by atoms with van der Waals surface area (Å²) < 4.78 is 4.93. The van der Waals surface area contributed by atoms with Crippen LogP contribution in [0.15, 0.2) is 16.0 Å². The molecule has 0 aliphatic carbocycles. The number of carbonyl (C=O) groups is 2. The van der Waals surface area contributed by atoms with Gasteiger partial charge in [0, 0.05) is 16.6 Å². The first-order chi connectivity index (χ1) is 12.9. The van der Waals surface area contributed by atoms with Gasteiger partial charge in [-0.1, -0.05) is 25.1 Å². The summed E-state index contributed by atoms with van der Waals surface area (Å²) in [5.74, 6) is -0.496. The molecule has 0 bridgehead atoms. The molecule has 8 nitrogen and oxygen atoms in total. The normalized spacial score (nSPS) is 10.6. The molecule has 0 saturated carbocycles. The van der Waals surface area contributed by atoms with Crippen molar-refractivity contribution < 1.29 is 14.3 Å². The summed E-state index contributed by atoms with van der Waals surface area (Å²) in [6, 6.07) is 1.47. The monoisotopic (exact) mass is 410 g/mol. The Morgan fingerprint density at radius 2 is 2.11 bits per heavy atom. The average Bonchev–Trinajstić information content (AvgIpc) is 2.92. The summed E-state index contributed by atoms with van der Waals surface area (Å²) in [5.41, 5.74) is 1.17. The highest BCUT2D eigenvalue weighted by Crippen LogP contribution is 2.24. The fraction of sp³-hybridized carbons (Fsp3) is 0.471. The zero-order chi connectivity index (χ0) is 19.8. The van der Waals surface area contributed by atoms with Gasteiger partial charge in [-0.2, -0.15) is 0 Å². The van der Waals surface area contributed by atoms with Crippen LogP contribution in [0.3, 0.4) is 0 Å². The molecule has 1 amide bonds. The number of carbonyl (C=O) groups excluding carboxylic acids is 2. The molecule has 0 spiro atoms. The number of aromatic nitrogens is 3. The highest BCUT2D eigenvalue weighted by molar-refractivity contribution is 7.99. The van der Waals surface area contributed by atoms with Crippen LogP contribution < -0.4 is 10.9 Å². The van der Waals surface area contributed by atoms with Crippen molar-refractivity contribution in [2.75, 3.05) is 17.7 Å². The van der Waals surface area contributed by atoms with Crippen LogP contribution in [-0.4, -0.2) is 39.2 Å². The van der Waals surface area contributed by atoms with Gasteiger partial charge in [0.1, 0.15) is 0 Å². The van der Waals surface area contributed by atoms with Crippen LogP contribution in [0.5, 0.6) is 0 Å². The predicted molar refractivity (Wildman–Crippen MR) is 105 cm³/mol. The second kappa shape index (κ2) is 10.2. The molecule has 10 heteroatoms. The van der Waals surface area contributed by atoms with E-state index in [0.717, 1.165) is 23.1 Å². The molecule has 2 rings (SSSR count). The number of esters is 1. The predicted octanol–water partition coefficient (Wildman–Crippen LogP) is 2.32. The van der Waals surface area contributed by atoms with Crippen LogP contribution in [0.2, 0.25) is 0 Å². The summed E-state index contributed by atoms with van der Waals surface area (Å²) in [4.78, 5) is 47.4. The zero-order valence-corrected chi connectivity index (χ0v) is 17.1. The van der Waals surface area contributed by atoms with Gasteiger partial charge < -0.3 is 15.0 Å². The number of thioether (sulfide) groups is 1. The Bertz CT molecular complexity index is 863. The number of ether oxygens (including phenoxy) is 1. The van der Waals surface area contributed by atoms with E-state index in [-0.39, 0.29) is 29.6 Å². The summed E-state index contributed by atoms with van der Waals surface area (Å²) in [6.45, 7) is 5.87. The lowest BCUT2D eigenvalue weighted by Gasteiger charge is -2.03. The number of rotatable bonds is 9. The first kappa shape index (κ1) is 21.1. The standard InChI is InChI=1S/C17H22N4O4S2/c1-4-6-11-7-13(22)20-16(19-11)26-9-14(23)21-17-18-10(3)12(27-17)8-15(24)25-5-2/h7H,4-6,8-9H2,1-3H3,(H,18,21,23)(H,19,20,22). The SMILES string of the molecule is CCCc1cc(=O)[nH]c(SCC(=O)Nc2nc(C)c(CC(=O)OCC)s2)n1. The van der Waals surface area contributed by atoms with Crippen molar-refractivity contribution in [3.63, 3.8) is 0 Å². The Labute approximate surface area is 165 Å². The van der Waals surface area contributed by atoms with Gasteiger partial charge in [-0.3, -0.25) is 14.4 Å². The number of aryl methyl sites for hydroxylation is 2. The Balaban J connectivity index is 1.92. The maximum atomic E-state index is 12.1. The van der Waals surface area contributed by atoms with Crippen LogP contribution >= 0.6 is 23.1 Å². The van der Waals surface area contributed by atoms with E-state index < -0.39 is 0 Å². The molecule has 146 valence electrons. The molecule has 2 N–H and O–H groups in total. The van der Waals surface area contributed by atoms with Crippen LogP contribution in [0.4, 0.5) is 5.13 Å². The minimum absolute atomic E-state index is 0.0877. The molecule has 0 atom stereocenters. The largest absolute Gasteiger partial charge is 0.466 e. The third-order valence-electron chi connectivity index (χ3n) is 3.37. The van der Waals surface area contributed by atoms with E-state index in [2.05, 4.69) is 20.3 Å². The minimum Gasteiger partial charge on any atom is -0.466 e. The number of thiazole rings is 1. The van der Waals surface area contributed by atoms with Crippen LogP contribution in [0.25, 0.3) is 0 Å². The summed E-state index contributed by atoms with van der Waals surface area (Å²) >= 11 is 2.40. The van der Waals surface area contributed by atoms with Crippen LogP contribution in [-0.2, 0) is 27.2 Å². The Hall–Kier alpha value is -2.20. The van der Waals surface area contributed by atoms with Crippen molar-refractivity contribution in [2.45, 2.75) is 45.2 Å². The molecule has 0 aliphatic heterocycles. The molecule has 2 aromatic rings. The fourth-order valence-corrected chi connectivity index (χ4v) is 3.87. The lowest BCUT2D eigenvalue weighted by molar-refractivity contribution is -0.142. The van der Waals surface area contributed by atoms with Gasteiger partial charge in [0.15, 0.2) is 10.3 Å². The Kier molecular flexibility index (Phi) is 7.99. The maximum absolute atomic E-state index is 12.1. The highest BCUT2D eigenvalue weighted by Gasteiger charge is 2.14. The van der Waals surface area contributed by atoms with Crippen molar-refractivity contribution in [1.29, 1.82) is 0 Å². The lowest BCUT2D eigenvalue weighted by atomic mass is 10.2. The average molecular weight is 411 g/mol. The molecule has 0 aliphatic rings. The Morgan fingerprint density at radius 1 is 1.33 bits per heavy atom. The van der Waals surface area contributed by atoms with Gasteiger partial charge in [-0.15, -0.1) is 11.3 Å². The van der Waals surface area contributed by atoms with Gasteiger partial charge in [0.05, 0.1) is 24.5 Å². The fourth-order valence-electron chi connectivity index (χ4n) is 2.21. The van der Waals surface area contributed by atoms with Gasteiger partial charge in [0.2, 0.25) is 5.91 Å². The third kappa shape index (κ3) is 6.79. The van der Waals surface area contributed by atoms with Crippen molar-refractivity contribution in [2.24, 2.45) is 0 Å². The number of nitrogens with one attached hydrogen (secondary N) is 2. The Morgan fingerprint density at radius 3 is 2.81 bits per heavy atom. The molecule has 2 heterocycles. The second-order valence-corrected chi connectivity index (χ2v) is 7.69. The van der Waals surface area contributed by atoms with E-state index in [1.165, 1.54) is 17.4 Å². The quantitative estimate of drug-likeness (QED) is 0.370. The molecule has 27 heavy (non-hydrogen) atoms. The number of hydrogen-bond acceptors (Lipinski definition) is 8. The topological polar surface area (TPSA) is 114 Å². The number of aromatic amines is 1. The van der Waals surface area contributed by atoms with Crippen LogP contribution in [0.1, 0.15) is 36.5 Å². The van der Waals surface area contributed by atoms with Gasteiger partial charge in [-0.05, 0) is 20.3 Å². The maximum Gasteiger partial charge on any atom is 0.311 e. The van der Waals surface area contributed by atoms with Gasteiger partial charge >= 0.3 is 5.97 Å². The van der Waals surface area contributed by atoms with E-state index in [9.17, 15) is 14.4 Å². The van der Waals surface area contributed by atoms with E-state index >= 15 is 0 Å². The molecular formula is C17H22N4O4S2. The number of amides is 1. The highest BCUT2D eigenvalue weighted by atomic mass is 32.2. The minimum atomic E-state index is -0.320. The first-order valence-corrected chi connectivity index (χ1v) is 10.4. The van der Waals surface area contributed by atoms with E-state index in [1.807, 2.05) is 6.92 Å². The smallest absolute Gasteiger partial charge is 0.311 e. The zero-order valence-electron chi connectivity index (χ0n) is 15.5. The molecule has 0 fully saturated rings. The van der Waals surface area contributed by atoms with Crippen molar-refractivity contribution in [3.05, 3.63) is 32.7 Å². The summed E-state index contributed by atoms with van der Waals surface area (Å²) in [6.07, 6.45) is 1.74. The van der Waals surface area contributed by atoms with E-state index in [4.69, 9.17) is 4.74 Å². The molecular weight excluding hydrogens is 388 g/mol. The van der Waals surface area contributed by atoms with Crippen molar-refractivity contribution >= 4 is 40.1 Å². The summed E-state index contributed by atoms with van der Waals surface area (Å²) in [7, 11) is 0. The van der Waals surface area contributed by atoms with Gasteiger partial charge in [0.25, 0.3) is 5.56 Å². The van der Waals surface area contributed by atoms with E-state index in [1.54, 1.807) is 13.8 Å². The van der Waals surface area contributed by atoms with E-state index in [0.29, 0.717) is 34.7 Å². The summed E-state index contributed by atoms with van der Waals surface area (Å²) in [5, 5.41) is 3.55.